The zero-order valence-corrected chi connectivity index (χ0v) is 12.0. The largest absolute Gasteiger partial charge is 1.00 e. The fourth-order valence-electron chi connectivity index (χ4n) is 0. The normalized spacial score (nSPS) is 11.1. The van der Waals surface area contributed by atoms with Crippen LogP contribution >= 0.6 is 0 Å². The van der Waals surface area contributed by atoms with Crippen LogP contribution in [-0.2, 0) is 12.1 Å². The average molecular weight is 250 g/mol. The zero-order chi connectivity index (χ0) is 7.00. The summed E-state index contributed by atoms with van der Waals surface area (Å²) in [6, 6.07) is 0. The van der Waals surface area contributed by atoms with Crippen LogP contribution in [0, 0.1) is 0 Å². The van der Waals surface area contributed by atoms with Gasteiger partial charge in [0.05, 0.1) is 0 Å². The van der Waals surface area contributed by atoms with Crippen LogP contribution in [0.5, 0.6) is 0 Å². The van der Waals surface area contributed by atoms with E-state index in [0.717, 1.165) is 0 Å². The van der Waals surface area contributed by atoms with Crippen molar-refractivity contribution in [1.82, 2.24) is 0 Å². The van der Waals surface area contributed by atoms with Crippen molar-refractivity contribution in [3.8, 4) is 0 Å². The number of hydrogen-bond acceptors (Lipinski definition) is 5. The van der Waals surface area contributed by atoms with Crippen molar-refractivity contribution in [1.29, 1.82) is 0 Å². The van der Waals surface area contributed by atoms with E-state index in [1.807, 2.05) is 0 Å². The molecule has 0 aliphatic heterocycles. The quantitative estimate of drug-likeness (QED) is 0.364. The summed E-state index contributed by atoms with van der Waals surface area (Å²) < 4.78 is 54.2. The standard InChI is InChI=1S/AsH3O6S.2Na/c2-1(3,4)8(5,6)7;;/h(H2,2,3,4)(H,5,6,7);;/q;2*+1/p-2. The van der Waals surface area contributed by atoms with Crippen molar-refractivity contribution in [2.45, 2.75) is 0 Å². The molecule has 50 valence electrons. The first-order valence-corrected chi connectivity index (χ1v) is 7.24. The predicted octanol–water partition coefficient (Wildman–Crippen LogP) is -9.53. The van der Waals surface area contributed by atoms with Gasteiger partial charge in [0.1, 0.15) is 0 Å². The maximum absolute atomic E-state index is 9.35. The topological polar surface area (TPSA) is 118 Å². The number of rotatable bonds is 1. The summed E-state index contributed by atoms with van der Waals surface area (Å²) in [5.41, 5.74) is 0. The van der Waals surface area contributed by atoms with Gasteiger partial charge in [-0.2, -0.15) is 0 Å². The van der Waals surface area contributed by atoms with Gasteiger partial charge in [0.25, 0.3) is 0 Å². The Morgan fingerprint density at radius 1 is 1.20 bits per heavy atom. The summed E-state index contributed by atoms with van der Waals surface area (Å²) in [6.07, 6.45) is 0. The first kappa shape index (κ1) is 18.1. The van der Waals surface area contributed by atoms with Gasteiger partial charge in [0, 0.05) is 0 Å². The molecule has 0 bridgehead atoms. The minimum Gasteiger partial charge on any atom is 1.00 e. The van der Waals surface area contributed by atoms with E-state index in [4.69, 9.17) is 4.55 Å². The molecular weight excluding hydrogens is 249 g/mol. The molecule has 0 heterocycles. The van der Waals surface area contributed by atoms with Gasteiger partial charge in [-0.1, -0.05) is 0 Å². The van der Waals surface area contributed by atoms with E-state index in [1.165, 1.54) is 0 Å². The van der Waals surface area contributed by atoms with Gasteiger partial charge in [0.2, 0.25) is 0 Å². The summed E-state index contributed by atoms with van der Waals surface area (Å²) in [6.45, 7) is 0. The van der Waals surface area contributed by atoms with Crippen LogP contribution < -0.4 is 67.3 Å². The van der Waals surface area contributed by atoms with Crippen molar-refractivity contribution in [3.05, 3.63) is 0 Å². The van der Waals surface area contributed by atoms with Crippen molar-refractivity contribution < 1.29 is 84.0 Å². The van der Waals surface area contributed by atoms with Gasteiger partial charge < -0.3 is 0 Å². The van der Waals surface area contributed by atoms with Crippen LogP contribution in [-0.4, -0.2) is 26.0 Å². The third kappa shape index (κ3) is 6.87. The first-order valence-electron chi connectivity index (χ1n) is 1.25. The molecule has 0 spiro atoms. The molecule has 0 aromatic heterocycles. The van der Waals surface area contributed by atoms with Crippen LogP contribution in [0.2, 0.25) is 0 Å². The summed E-state index contributed by atoms with van der Waals surface area (Å²) in [7, 11) is -5.34. The van der Waals surface area contributed by atoms with E-state index in [1.54, 1.807) is 0 Å². The Labute approximate surface area is 104 Å². The van der Waals surface area contributed by atoms with E-state index < -0.39 is 21.4 Å². The average Bonchev–Trinajstić information content (AvgIpc) is 1.25. The molecule has 6 nitrogen and oxygen atoms in total. The van der Waals surface area contributed by atoms with E-state index in [-0.39, 0.29) is 59.1 Å². The van der Waals surface area contributed by atoms with E-state index >= 15 is 0 Å². The molecule has 0 unspecified atom stereocenters. The maximum atomic E-state index is 9.35. The van der Waals surface area contributed by atoms with Crippen molar-refractivity contribution in [2.75, 3.05) is 0 Å². The SMILES string of the molecule is O=S(=O)(O)[As](=O)([O-])[O-].[Na+].[Na+]. The van der Waals surface area contributed by atoms with Gasteiger partial charge in [0.15, 0.2) is 0 Å². The fourth-order valence-corrected chi connectivity index (χ4v) is 0. The van der Waals surface area contributed by atoms with Crippen molar-refractivity contribution in [2.24, 2.45) is 0 Å². The third-order valence-electron chi connectivity index (χ3n) is 0.283. The third-order valence-corrected chi connectivity index (χ3v) is 4.40. The molecule has 0 amide bonds. The van der Waals surface area contributed by atoms with Crippen LogP contribution in [0.1, 0.15) is 0 Å². The molecule has 10 heavy (non-hydrogen) atoms. The van der Waals surface area contributed by atoms with Crippen LogP contribution in [0.25, 0.3) is 0 Å². The molecule has 0 radical (unpaired) electrons. The molecule has 0 aliphatic carbocycles. The summed E-state index contributed by atoms with van der Waals surface area (Å²) in [4.78, 5) is 0. The molecule has 0 aromatic rings. The predicted molar refractivity (Wildman–Crippen MR) is 18.0 cm³/mol. The Hall–Kier alpha value is 2.19. The molecule has 0 saturated heterocycles. The second-order valence-corrected chi connectivity index (χ2v) is 8.90. The Morgan fingerprint density at radius 3 is 1.30 bits per heavy atom. The summed E-state index contributed by atoms with van der Waals surface area (Å²) in [5, 5.41) is 0. The molecule has 0 atom stereocenters. The van der Waals surface area contributed by atoms with E-state index in [0.29, 0.717) is 0 Å². The second kappa shape index (κ2) is 5.77. The molecular formula is HAsNa2O6S. The summed E-state index contributed by atoms with van der Waals surface area (Å²) >= 11 is -6.39. The molecule has 0 aromatic carbocycles. The van der Waals surface area contributed by atoms with Gasteiger partial charge in [-0.3, -0.25) is 0 Å². The second-order valence-electron chi connectivity index (χ2n) is 0.895. The van der Waals surface area contributed by atoms with Gasteiger partial charge in [-0.25, -0.2) is 0 Å². The van der Waals surface area contributed by atoms with Crippen LogP contribution in [0.3, 0.4) is 0 Å². The zero-order valence-electron chi connectivity index (χ0n) is 5.34. The minimum atomic E-state index is -6.39. The molecule has 0 aliphatic rings. The maximum Gasteiger partial charge on any atom is 1.00 e. The van der Waals surface area contributed by atoms with Crippen molar-refractivity contribution >= 4 is 21.4 Å². The van der Waals surface area contributed by atoms with Gasteiger partial charge in [-0.15, -0.1) is 0 Å². The summed E-state index contributed by atoms with van der Waals surface area (Å²) in [5.74, 6) is 0. The van der Waals surface area contributed by atoms with Crippen LogP contribution in [0.4, 0.5) is 0 Å². The van der Waals surface area contributed by atoms with Crippen LogP contribution in [0.15, 0.2) is 0 Å². The molecule has 10 heteroatoms. The smallest absolute Gasteiger partial charge is 1.00 e. The van der Waals surface area contributed by atoms with Gasteiger partial charge >= 0.3 is 105 Å². The minimum absolute atomic E-state index is 0. The number of hydrogen-bond donors (Lipinski definition) is 1. The van der Waals surface area contributed by atoms with E-state index in [9.17, 15) is 20.3 Å². The molecule has 1 N–H and O–H groups in total. The molecule has 0 saturated carbocycles. The molecule has 0 fully saturated rings. The Morgan fingerprint density at radius 2 is 1.30 bits per heavy atom. The van der Waals surface area contributed by atoms with Crippen molar-refractivity contribution in [3.63, 3.8) is 0 Å². The Balaban J connectivity index is -0.000000245. The first-order chi connectivity index (χ1) is 3.25. The molecule has 0 rings (SSSR count). The Bertz CT molecular complexity index is 210. The monoisotopic (exact) mass is 250 g/mol. The van der Waals surface area contributed by atoms with Gasteiger partial charge in [-0.05, 0) is 0 Å². The van der Waals surface area contributed by atoms with E-state index in [2.05, 4.69) is 0 Å². The Kier molecular flexibility index (Phi) is 10.4. The fraction of sp³-hybridized carbons (Fsp3) is 0.